The van der Waals surface area contributed by atoms with Crippen LogP contribution in [0.15, 0.2) is 5.38 Å². The lowest BCUT2D eigenvalue weighted by Gasteiger charge is -2.35. The number of rotatable bonds is 2. The molecule has 1 saturated heterocycles. The maximum Gasteiger partial charge on any atom is 0.194 e. The van der Waals surface area contributed by atoms with Crippen LogP contribution in [0.5, 0.6) is 0 Å². The van der Waals surface area contributed by atoms with E-state index in [1.54, 1.807) is 11.3 Å². The quantitative estimate of drug-likeness (QED) is 0.846. The van der Waals surface area contributed by atoms with Crippen molar-refractivity contribution in [1.29, 1.82) is 5.26 Å². The van der Waals surface area contributed by atoms with Gasteiger partial charge in [-0.05, 0) is 20.9 Å². The number of thiazole rings is 1. The molecule has 1 atom stereocenters. The fraction of sp³-hybridized carbons (Fsp3) is 0.571. The van der Waals surface area contributed by atoms with Crippen molar-refractivity contribution < 1.29 is 0 Å². The van der Waals surface area contributed by atoms with E-state index in [4.69, 9.17) is 0 Å². The molecular weight excluding hydrogens is 270 g/mol. The number of aryl methyl sites for hydroxylation is 2. The van der Waals surface area contributed by atoms with Gasteiger partial charge in [0.1, 0.15) is 6.04 Å². The molecule has 0 amide bonds. The van der Waals surface area contributed by atoms with Crippen molar-refractivity contribution >= 4 is 16.3 Å². The number of fused-ring (bicyclic) bond motifs is 1. The van der Waals surface area contributed by atoms with Gasteiger partial charge in [0.05, 0.1) is 17.5 Å². The van der Waals surface area contributed by atoms with Crippen LogP contribution in [0.3, 0.4) is 0 Å². The van der Waals surface area contributed by atoms with Gasteiger partial charge in [-0.1, -0.05) is 0 Å². The Labute approximate surface area is 123 Å². The van der Waals surface area contributed by atoms with E-state index < -0.39 is 0 Å². The van der Waals surface area contributed by atoms with Gasteiger partial charge in [-0.15, -0.1) is 11.3 Å². The van der Waals surface area contributed by atoms with E-state index in [9.17, 15) is 5.26 Å². The summed E-state index contributed by atoms with van der Waals surface area (Å²) in [5.74, 6) is 0. The molecule has 20 heavy (non-hydrogen) atoms. The maximum absolute atomic E-state index is 9.69. The fourth-order valence-corrected chi connectivity index (χ4v) is 3.76. The summed E-state index contributed by atoms with van der Waals surface area (Å²) in [6.45, 7) is 7.99. The molecule has 5 nitrogen and oxygen atoms in total. The van der Waals surface area contributed by atoms with Gasteiger partial charge in [-0.25, -0.2) is 4.98 Å². The van der Waals surface area contributed by atoms with E-state index in [0.29, 0.717) is 0 Å². The molecule has 1 unspecified atom stereocenters. The minimum Gasteiger partial charge on any atom is -0.304 e. The first-order valence-corrected chi connectivity index (χ1v) is 7.75. The smallest absolute Gasteiger partial charge is 0.194 e. The Hall–Kier alpha value is -1.42. The summed E-state index contributed by atoms with van der Waals surface area (Å²) in [5.41, 5.74) is 3.19. The van der Waals surface area contributed by atoms with Crippen LogP contribution >= 0.6 is 11.3 Å². The first-order chi connectivity index (χ1) is 9.61. The van der Waals surface area contributed by atoms with Gasteiger partial charge in [-0.2, -0.15) is 5.26 Å². The number of nitrogens with zero attached hydrogens (tertiary/aromatic N) is 5. The molecule has 6 heteroatoms. The van der Waals surface area contributed by atoms with E-state index in [1.807, 2.05) is 6.92 Å². The monoisotopic (exact) mass is 289 g/mol. The zero-order valence-electron chi connectivity index (χ0n) is 12.1. The molecule has 0 aliphatic carbocycles. The van der Waals surface area contributed by atoms with E-state index in [-0.39, 0.29) is 6.04 Å². The summed E-state index contributed by atoms with van der Waals surface area (Å²) in [6.07, 6.45) is 0. The molecular formula is C14H19N5S. The number of imidazole rings is 1. The lowest BCUT2D eigenvalue weighted by Crippen LogP contribution is -2.46. The van der Waals surface area contributed by atoms with Crippen LogP contribution in [-0.4, -0.2) is 52.4 Å². The average molecular weight is 289 g/mol. The molecule has 2 aromatic rings. The Kier molecular flexibility index (Phi) is 3.50. The third-order valence-corrected chi connectivity index (χ3v) is 4.98. The molecule has 0 saturated carbocycles. The molecule has 106 valence electrons. The Balaban J connectivity index is 2.01. The van der Waals surface area contributed by atoms with Crippen LogP contribution in [-0.2, 0) is 0 Å². The van der Waals surface area contributed by atoms with Crippen molar-refractivity contribution in [2.75, 3.05) is 33.2 Å². The number of hydrogen-bond donors (Lipinski definition) is 0. The molecule has 0 bridgehead atoms. The van der Waals surface area contributed by atoms with Crippen molar-refractivity contribution in [3.63, 3.8) is 0 Å². The van der Waals surface area contributed by atoms with Crippen molar-refractivity contribution in [1.82, 2.24) is 19.2 Å². The van der Waals surface area contributed by atoms with Crippen molar-refractivity contribution in [2.24, 2.45) is 0 Å². The van der Waals surface area contributed by atoms with Crippen molar-refractivity contribution in [3.8, 4) is 6.07 Å². The average Bonchev–Trinajstić information content (AvgIpc) is 2.94. The third kappa shape index (κ3) is 2.12. The summed E-state index contributed by atoms with van der Waals surface area (Å²) < 4.78 is 2.15. The van der Waals surface area contributed by atoms with Crippen LogP contribution in [0.4, 0.5) is 0 Å². The molecule has 3 heterocycles. The van der Waals surface area contributed by atoms with Gasteiger partial charge in [0.15, 0.2) is 4.96 Å². The molecule has 1 aliphatic heterocycles. The van der Waals surface area contributed by atoms with Crippen LogP contribution in [0.1, 0.15) is 23.1 Å². The Morgan fingerprint density at radius 3 is 2.65 bits per heavy atom. The molecule has 1 fully saturated rings. The second-order valence-corrected chi connectivity index (χ2v) is 6.28. The lowest BCUT2D eigenvalue weighted by atomic mass is 10.1. The van der Waals surface area contributed by atoms with Gasteiger partial charge in [0.25, 0.3) is 0 Å². The summed E-state index contributed by atoms with van der Waals surface area (Å²) in [6, 6.07) is 2.29. The number of likely N-dealkylation sites (N-methyl/N-ethyl adjacent to an activating group) is 1. The Bertz CT molecular complexity index is 657. The van der Waals surface area contributed by atoms with Crippen LogP contribution < -0.4 is 0 Å². The zero-order chi connectivity index (χ0) is 14.3. The predicted molar refractivity (Wildman–Crippen MR) is 80.0 cm³/mol. The highest BCUT2D eigenvalue weighted by atomic mass is 32.1. The number of aromatic nitrogens is 2. The molecule has 0 spiro atoms. The van der Waals surface area contributed by atoms with Gasteiger partial charge in [0.2, 0.25) is 0 Å². The van der Waals surface area contributed by atoms with Gasteiger partial charge in [-0.3, -0.25) is 9.30 Å². The lowest BCUT2D eigenvalue weighted by molar-refractivity contribution is 0.130. The topological polar surface area (TPSA) is 47.6 Å². The number of nitriles is 1. The van der Waals surface area contributed by atoms with E-state index in [1.165, 1.54) is 0 Å². The van der Waals surface area contributed by atoms with Gasteiger partial charge >= 0.3 is 0 Å². The highest BCUT2D eigenvalue weighted by molar-refractivity contribution is 7.15. The van der Waals surface area contributed by atoms with Crippen LogP contribution in [0.2, 0.25) is 0 Å². The molecule has 1 aliphatic rings. The van der Waals surface area contributed by atoms with Crippen molar-refractivity contribution in [2.45, 2.75) is 19.9 Å². The first-order valence-electron chi connectivity index (χ1n) is 6.87. The third-order valence-electron chi connectivity index (χ3n) is 4.04. The van der Waals surface area contributed by atoms with Gasteiger partial charge < -0.3 is 4.90 Å². The minimum atomic E-state index is -0.202. The second kappa shape index (κ2) is 5.17. The largest absolute Gasteiger partial charge is 0.304 e. The number of hydrogen-bond acceptors (Lipinski definition) is 5. The predicted octanol–water partition coefficient (Wildman–Crippen LogP) is 1.82. The van der Waals surface area contributed by atoms with E-state index >= 15 is 0 Å². The molecule has 2 aromatic heterocycles. The van der Waals surface area contributed by atoms with E-state index in [2.05, 4.69) is 44.6 Å². The fourth-order valence-electron chi connectivity index (χ4n) is 2.84. The molecule has 0 aromatic carbocycles. The van der Waals surface area contributed by atoms with E-state index in [0.717, 1.165) is 48.2 Å². The summed E-state index contributed by atoms with van der Waals surface area (Å²) in [7, 11) is 2.13. The first kappa shape index (κ1) is 13.6. The highest BCUT2D eigenvalue weighted by Crippen LogP contribution is 2.29. The summed E-state index contributed by atoms with van der Waals surface area (Å²) in [5, 5.41) is 11.8. The Morgan fingerprint density at radius 2 is 2.00 bits per heavy atom. The maximum atomic E-state index is 9.69. The molecule has 0 N–H and O–H groups in total. The zero-order valence-corrected chi connectivity index (χ0v) is 12.9. The summed E-state index contributed by atoms with van der Waals surface area (Å²) in [4.78, 5) is 10.2. The number of piperazine rings is 1. The standard InChI is InChI=1S/C14H19N5S/c1-10-9-20-14-16-11(2)13(19(10)14)12(8-15)18-6-4-17(3)5-7-18/h9,12H,4-7H2,1-3H3. The summed E-state index contributed by atoms with van der Waals surface area (Å²) >= 11 is 1.64. The second-order valence-electron chi connectivity index (χ2n) is 5.45. The van der Waals surface area contributed by atoms with Crippen LogP contribution in [0.25, 0.3) is 4.96 Å². The minimum absolute atomic E-state index is 0.202. The van der Waals surface area contributed by atoms with Crippen LogP contribution in [0, 0.1) is 25.2 Å². The normalized spacial score (nSPS) is 19.3. The molecule has 0 radical (unpaired) electrons. The highest BCUT2D eigenvalue weighted by Gasteiger charge is 2.28. The SMILES string of the molecule is Cc1nc2scc(C)n2c1C(C#N)N1CCN(C)CC1. The van der Waals surface area contributed by atoms with Crippen molar-refractivity contribution in [3.05, 3.63) is 22.5 Å². The molecule has 3 rings (SSSR count). The van der Waals surface area contributed by atoms with Gasteiger partial charge in [0, 0.05) is 37.3 Å². The Morgan fingerprint density at radius 1 is 1.30 bits per heavy atom.